The molecule has 1 N–H and O–H groups in total. The van der Waals surface area contributed by atoms with Crippen LogP contribution in [-0.4, -0.2) is 44.3 Å². The number of hydrogen-bond acceptors (Lipinski definition) is 8. The van der Waals surface area contributed by atoms with Gasteiger partial charge in [-0.3, -0.25) is 9.69 Å². The van der Waals surface area contributed by atoms with Gasteiger partial charge in [0, 0.05) is 23.6 Å². The minimum atomic E-state index is -0.304. The van der Waals surface area contributed by atoms with Gasteiger partial charge in [-0.25, -0.2) is 9.07 Å². The fraction of sp³-hybridized carbons (Fsp3) is 0.310. The molecular formula is C29H31FN6O4. The summed E-state index contributed by atoms with van der Waals surface area (Å²) < 4.78 is 31.7. The van der Waals surface area contributed by atoms with E-state index in [0.29, 0.717) is 48.0 Å². The molecule has 3 aromatic heterocycles. The molecular weight excluding hydrogens is 515 g/mol. The van der Waals surface area contributed by atoms with Crippen LogP contribution >= 0.6 is 0 Å². The summed E-state index contributed by atoms with van der Waals surface area (Å²) in [4.78, 5) is 18.4. The number of nitrogens with one attached hydrogen (secondary N) is 1. The van der Waals surface area contributed by atoms with Gasteiger partial charge in [-0.05, 0) is 58.3 Å². The highest BCUT2D eigenvalue weighted by atomic mass is 19.1. The molecule has 5 aromatic rings. The molecule has 0 bridgehead atoms. The maximum absolute atomic E-state index is 13.5. The predicted molar refractivity (Wildman–Crippen MR) is 147 cm³/mol. The van der Waals surface area contributed by atoms with Crippen molar-refractivity contribution in [1.29, 1.82) is 0 Å². The molecule has 0 spiro atoms. The molecule has 0 radical (unpaired) electrons. The van der Waals surface area contributed by atoms with Gasteiger partial charge in [0.1, 0.15) is 11.6 Å². The molecule has 0 aliphatic carbocycles. The van der Waals surface area contributed by atoms with E-state index >= 15 is 0 Å². The molecule has 11 heteroatoms. The SMILES string of the molecule is COc1cc2cc(CN(Cc3ccco3)[C@@H](c3nnnn3Cc3ccc(F)cc3)C(C)C)c(=O)[nH]c2cc1OC. The minimum absolute atomic E-state index is 0.0665. The summed E-state index contributed by atoms with van der Waals surface area (Å²) >= 11 is 0. The highest BCUT2D eigenvalue weighted by Gasteiger charge is 2.30. The third-order valence-electron chi connectivity index (χ3n) is 6.83. The number of hydrogen-bond donors (Lipinski definition) is 1. The Balaban J connectivity index is 1.54. The number of aromatic amines is 1. The summed E-state index contributed by atoms with van der Waals surface area (Å²) in [5.74, 6) is 2.24. The summed E-state index contributed by atoms with van der Waals surface area (Å²) in [5, 5.41) is 13.4. The third-order valence-corrected chi connectivity index (χ3v) is 6.83. The van der Waals surface area contributed by atoms with Gasteiger partial charge < -0.3 is 18.9 Å². The molecule has 1 atom stereocenters. The van der Waals surface area contributed by atoms with Crippen molar-refractivity contribution < 1.29 is 18.3 Å². The van der Waals surface area contributed by atoms with E-state index in [1.54, 1.807) is 43.4 Å². The molecule has 2 aromatic carbocycles. The van der Waals surface area contributed by atoms with Gasteiger partial charge in [-0.15, -0.1) is 5.10 Å². The van der Waals surface area contributed by atoms with E-state index in [4.69, 9.17) is 13.9 Å². The number of tetrazole rings is 1. The zero-order chi connectivity index (χ0) is 28.2. The molecule has 0 saturated heterocycles. The van der Waals surface area contributed by atoms with Crippen molar-refractivity contribution in [2.75, 3.05) is 14.2 Å². The smallest absolute Gasteiger partial charge is 0.252 e. The van der Waals surface area contributed by atoms with Gasteiger partial charge in [0.2, 0.25) is 0 Å². The van der Waals surface area contributed by atoms with E-state index in [-0.39, 0.29) is 23.3 Å². The lowest BCUT2D eigenvalue weighted by atomic mass is 10.00. The van der Waals surface area contributed by atoms with Crippen LogP contribution in [0.3, 0.4) is 0 Å². The maximum atomic E-state index is 13.5. The predicted octanol–water partition coefficient (Wildman–Crippen LogP) is 4.71. The second-order valence-electron chi connectivity index (χ2n) is 9.91. The minimum Gasteiger partial charge on any atom is -0.493 e. The first-order valence-electron chi connectivity index (χ1n) is 12.9. The fourth-order valence-electron chi connectivity index (χ4n) is 4.95. The zero-order valence-corrected chi connectivity index (χ0v) is 22.8. The molecule has 0 fully saturated rings. The second kappa shape index (κ2) is 11.7. The standard InChI is InChI=1S/C29H31FN6O4/c1-18(2)27(28-32-33-34-36(28)15-19-7-9-22(30)10-8-19)35(17-23-6-5-11-40-23)16-21-12-20-13-25(38-3)26(39-4)14-24(20)31-29(21)37/h5-14,18,27H,15-17H2,1-4H3,(H,31,37)/t27-/m1/s1. The lowest BCUT2D eigenvalue weighted by Gasteiger charge is -2.33. The molecule has 10 nitrogen and oxygen atoms in total. The van der Waals surface area contributed by atoms with E-state index in [1.165, 1.54) is 12.1 Å². The van der Waals surface area contributed by atoms with Crippen molar-refractivity contribution in [3.8, 4) is 11.5 Å². The van der Waals surface area contributed by atoms with Crippen LogP contribution in [0, 0.1) is 11.7 Å². The highest BCUT2D eigenvalue weighted by molar-refractivity contribution is 5.83. The Labute approximate surface area is 230 Å². The third kappa shape index (κ3) is 5.74. The Bertz CT molecular complexity index is 1630. The summed E-state index contributed by atoms with van der Waals surface area (Å²) in [7, 11) is 3.13. The quantitative estimate of drug-likeness (QED) is 0.254. The number of methoxy groups -OCH3 is 2. The van der Waals surface area contributed by atoms with E-state index in [9.17, 15) is 9.18 Å². The van der Waals surface area contributed by atoms with Crippen molar-refractivity contribution in [3.63, 3.8) is 0 Å². The van der Waals surface area contributed by atoms with Crippen LogP contribution < -0.4 is 15.0 Å². The van der Waals surface area contributed by atoms with Gasteiger partial charge in [0.25, 0.3) is 5.56 Å². The lowest BCUT2D eigenvalue weighted by molar-refractivity contribution is 0.116. The lowest BCUT2D eigenvalue weighted by Crippen LogP contribution is -2.35. The summed E-state index contributed by atoms with van der Waals surface area (Å²) in [6, 6.07) is 15.2. The average Bonchev–Trinajstić information content (AvgIpc) is 3.62. The molecule has 0 saturated carbocycles. The number of H-pyrrole nitrogens is 1. The number of pyridine rings is 1. The first-order valence-corrected chi connectivity index (χ1v) is 12.9. The van der Waals surface area contributed by atoms with Crippen LogP contribution in [0.5, 0.6) is 11.5 Å². The maximum Gasteiger partial charge on any atom is 0.252 e. The van der Waals surface area contributed by atoms with Crippen molar-refractivity contribution in [2.45, 2.75) is 39.5 Å². The monoisotopic (exact) mass is 546 g/mol. The van der Waals surface area contributed by atoms with Gasteiger partial charge in [-0.1, -0.05) is 26.0 Å². The first kappa shape index (κ1) is 27.1. The van der Waals surface area contributed by atoms with Crippen LogP contribution in [0.15, 0.2) is 70.1 Å². The summed E-state index contributed by atoms with van der Waals surface area (Å²) in [6.45, 7) is 5.25. The molecule has 0 unspecified atom stereocenters. The number of fused-ring (bicyclic) bond motifs is 1. The summed E-state index contributed by atoms with van der Waals surface area (Å²) in [6.07, 6.45) is 1.62. The van der Waals surface area contributed by atoms with Crippen LogP contribution in [0.2, 0.25) is 0 Å². The number of halogens is 1. The average molecular weight is 547 g/mol. The van der Waals surface area contributed by atoms with Gasteiger partial charge in [0.05, 0.1) is 45.1 Å². The number of benzene rings is 2. The Hall–Kier alpha value is -4.51. The van der Waals surface area contributed by atoms with E-state index in [0.717, 1.165) is 16.7 Å². The van der Waals surface area contributed by atoms with Crippen molar-refractivity contribution >= 4 is 10.9 Å². The molecule has 0 aliphatic heterocycles. The Kier molecular flexibility index (Phi) is 7.92. The van der Waals surface area contributed by atoms with Crippen LogP contribution in [0.1, 0.15) is 42.6 Å². The van der Waals surface area contributed by atoms with Crippen molar-refractivity contribution in [3.05, 3.63) is 99.7 Å². The van der Waals surface area contributed by atoms with Crippen LogP contribution in [0.4, 0.5) is 4.39 Å². The number of furan rings is 1. The van der Waals surface area contributed by atoms with E-state index in [1.807, 2.05) is 24.3 Å². The number of nitrogens with zero attached hydrogens (tertiary/aromatic N) is 5. The topological polar surface area (TPSA) is 111 Å². The number of ether oxygens (including phenoxy) is 2. The van der Waals surface area contributed by atoms with Gasteiger partial charge >= 0.3 is 0 Å². The number of rotatable bonds is 11. The molecule has 5 rings (SSSR count). The van der Waals surface area contributed by atoms with Gasteiger partial charge in [0.15, 0.2) is 17.3 Å². The van der Waals surface area contributed by atoms with Gasteiger partial charge in [-0.2, -0.15) is 0 Å². The Morgan fingerprint density at radius 2 is 1.80 bits per heavy atom. The second-order valence-corrected chi connectivity index (χ2v) is 9.91. The van der Waals surface area contributed by atoms with Crippen LogP contribution in [0.25, 0.3) is 10.9 Å². The Morgan fingerprint density at radius 1 is 1.05 bits per heavy atom. The largest absolute Gasteiger partial charge is 0.493 e. The molecule has 3 heterocycles. The van der Waals surface area contributed by atoms with E-state index in [2.05, 4.69) is 39.3 Å². The zero-order valence-electron chi connectivity index (χ0n) is 22.8. The van der Waals surface area contributed by atoms with Crippen LogP contribution in [-0.2, 0) is 19.6 Å². The normalized spacial score (nSPS) is 12.4. The fourth-order valence-corrected chi connectivity index (χ4v) is 4.95. The highest BCUT2D eigenvalue weighted by Crippen LogP contribution is 2.33. The molecule has 0 amide bonds. The Morgan fingerprint density at radius 3 is 2.48 bits per heavy atom. The van der Waals surface area contributed by atoms with Crippen molar-refractivity contribution in [1.82, 2.24) is 30.1 Å². The molecule has 0 aliphatic rings. The first-order chi connectivity index (χ1) is 19.4. The number of aromatic nitrogens is 5. The summed E-state index contributed by atoms with van der Waals surface area (Å²) in [5.41, 5.74) is 1.87. The molecule has 40 heavy (non-hydrogen) atoms. The van der Waals surface area contributed by atoms with E-state index < -0.39 is 0 Å². The van der Waals surface area contributed by atoms with Crippen molar-refractivity contribution in [2.24, 2.45) is 5.92 Å². The molecule has 208 valence electrons.